The molecule has 40 heavy (non-hydrogen) atoms. The van der Waals surface area contributed by atoms with E-state index in [2.05, 4.69) is 31.1 Å². The highest BCUT2D eigenvalue weighted by molar-refractivity contribution is 5.90. The number of ketones is 1. The largest absolute Gasteiger partial charge is 0.481 e. The van der Waals surface area contributed by atoms with Crippen molar-refractivity contribution >= 4 is 34.1 Å². The molecule has 9 nitrogen and oxygen atoms in total. The van der Waals surface area contributed by atoms with E-state index in [0.29, 0.717) is 50.3 Å². The van der Waals surface area contributed by atoms with E-state index in [-0.39, 0.29) is 29.1 Å². The van der Waals surface area contributed by atoms with Crippen molar-refractivity contribution in [2.75, 3.05) is 32.7 Å². The van der Waals surface area contributed by atoms with Crippen LogP contribution in [0.15, 0.2) is 42.6 Å². The zero-order valence-electron chi connectivity index (χ0n) is 24.0. The minimum absolute atomic E-state index is 0.0369. The summed E-state index contributed by atoms with van der Waals surface area (Å²) in [7, 11) is 3.44. The quantitative estimate of drug-likeness (QED) is 0.432. The molecule has 3 N–H and O–H groups in total. The van der Waals surface area contributed by atoms with Crippen LogP contribution >= 0.6 is 0 Å². The summed E-state index contributed by atoms with van der Waals surface area (Å²) >= 11 is 0. The minimum atomic E-state index is -0.717. The number of nitrogens with one attached hydrogen (secondary N) is 1. The molecule has 9 heteroatoms. The molecule has 1 aliphatic carbocycles. The molecule has 1 aliphatic heterocycles. The Kier molecular flexibility index (Phi) is 7.54. The third kappa shape index (κ3) is 5.40. The van der Waals surface area contributed by atoms with Gasteiger partial charge in [0.15, 0.2) is 0 Å². The minimum Gasteiger partial charge on any atom is -0.481 e. The Bertz CT molecular complexity index is 1410. The van der Waals surface area contributed by atoms with Crippen molar-refractivity contribution in [3.8, 4) is 5.88 Å². The number of amides is 1. The number of nitrogens with zero attached hydrogens (tertiary/aromatic N) is 3. The molecule has 0 radical (unpaired) electrons. The highest BCUT2D eigenvalue weighted by Gasteiger charge is 2.39. The number of hydrogen-bond acceptors (Lipinski definition) is 8. The van der Waals surface area contributed by atoms with E-state index in [1.807, 2.05) is 42.3 Å². The van der Waals surface area contributed by atoms with Gasteiger partial charge in [-0.3, -0.25) is 14.6 Å². The first-order chi connectivity index (χ1) is 19.0. The zero-order chi connectivity index (χ0) is 28.7. The summed E-state index contributed by atoms with van der Waals surface area (Å²) in [5.74, 6) is 0.481. The SMILES string of the molecule is COc1ccc2ncc(Nc3ccc([C@H](N(C)C(=O)[C@H]4CCC(=O)C4)C(C)(C)C)cc3)c([C@]3(N)CCOC3)c2n1. The van der Waals surface area contributed by atoms with Gasteiger partial charge in [0.1, 0.15) is 5.78 Å². The van der Waals surface area contributed by atoms with Crippen LogP contribution in [0.2, 0.25) is 0 Å². The van der Waals surface area contributed by atoms with Gasteiger partial charge in [0.25, 0.3) is 0 Å². The maximum Gasteiger partial charge on any atom is 0.226 e. The first kappa shape index (κ1) is 28.0. The number of Topliss-reactive ketones (excluding diaryl/α,β-unsaturated/α-hetero) is 1. The second-order valence-electron chi connectivity index (χ2n) is 12.2. The summed E-state index contributed by atoms with van der Waals surface area (Å²) in [6, 6.07) is 11.6. The first-order valence-electron chi connectivity index (χ1n) is 13.9. The maximum absolute atomic E-state index is 13.3. The fourth-order valence-corrected chi connectivity index (χ4v) is 6.19. The number of methoxy groups -OCH3 is 1. The highest BCUT2D eigenvalue weighted by atomic mass is 16.5. The van der Waals surface area contributed by atoms with Gasteiger partial charge >= 0.3 is 0 Å². The van der Waals surface area contributed by atoms with Crippen LogP contribution in [0.25, 0.3) is 11.0 Å². The van der Waals surface area contributed by atoms with Gasteiger partial charge in [-0.1, -0.05) is 32.9 Å². The Balaban J connectivity index is 1.46. The lowest BCUT2D eigenvalue weighted by Crippen LogP contribution is -2.41. The molecule has 1 saturated heterocycles. The topological polar surface area (TPSA) is 120 Å². The summed E-state index contributed by atoms with van der Waals surface area (Å²) in [6.45, 7) is 7.36. The number of pyridine rings is 2. The number of fused-ring (bicyclic) bond motifs is 1. The molecule has 1 amide bonds. The van der Waals surface area contributed by atoms with Crippen LogP contribution < -0.4 is 15.8 Å². The number of aromatic nitrogens is 2. The highest BCUT2D eigenvalue weighted by Crippen LogP contribution is 2.41. The Morgan fingerprint density at radius 3 is 2.58 bits per heavy atom. The van der Waals surface area contributed by atoms with Crippen molar-refractivity contribution in [2.45, 2.75) is 58.0 Å². The van der Waals surface area contributed by atoms with Crippen LogP contribution in [0.5, 0.6) is 5.88 Å². The summed E-state index contributed by atoms with van der Waals surface area (Å²) in [5, 5.41) is 3.51. The molecule has 5 rings (SSSR count). The van der Waals surface area contributed by atoms with Crippen molar-refractivity contribution < 1.29 is 19.1 Å². The van der Waals surface area contributed by atoms with Gasteiger partial charge in [-0.2, -0.15) is 0 Å². The molecule has 3 aromatic rings. The number of hydrogen-bond donors (Lipinski definition) is 2. The number of benzene rings is 1. The predicted molar refractivity (Wildman–Crippen MR) is 154 cm³/mol. The predicted octanol–water partition coefficient (Wildman–Crippen LogP) is 4.87. The van der Waals surface area contributed by atoms with Crippen LogP contribution in [0, 0.1) is 11.3 Å². The van der Waals surface area contributed by atoms with Crippen molar-refractivity contribution in [2.24, 2.45) is 17.1 Å². The average Bonchev–Trinajstić information content (AvgIpc) is 3.56. The molecule has 1 aromatic carbocycles. The van der Waals surface area contributed by atoms with Gasteiger partial charge in [0.2, 0.25) is 11.8 Å². The number of anilines is 2. The molecule has 0 spiro atoms. The maximum atomic E-state index is 13.3. The second kappa shape index (κ2) is 10.8. The molecule has 0 unspecified atom stereocenters. The van der Waals surface area contributed by atoms with E-state index in [1.165, 1.54) is 0 Å². The number of carbonyl (C=O) groups is 2. The molecule has 3 heterocycles. The zero-order valence-corrected chi connectivity index (χ0v) is 24.0. The summed E-state index contributed by atoms with van der Waals surface area (Å²) in [6.07, 6.45) is 3.94. The Morgan fingerprint density at radius 2 is 1.98 bits per heavy atom. The van der Waals surface area contributed by atoms with E-state index in [4.69, 9.17) is 20.2 Å². The lowest BCUT2D eigenvalue weighted by atomic mass is 9.81. The van der Waals surface area contributed by atoms with Gasteiger partial charge in [0, 0.05) is 49.7 Å². The van der Waals surface area contributed by atoms with E-state index < -0.39 is 5.54 Å². The van der Waals surface area contributed by atoms with Crippen molar-refractivity contribution in [1.29, 1.82) is 0 Å². The molecule has 212 valence electrons. The standard InChI is InChI=1S/C31H39N5O4/c1-30(2,3)28(36(4)29(38)20-8-11-22(37)16-20)19-6-9-21(10-7-19)34-24-17-33-23-12-13-25(39-5)35-27(23)26(24)31(32)14-15-40-18-31/h6-7,9-10,12-13,17,20,28,34H,8,11,14-16,18,32H2,1-5H3/t20-,28-,31-/m0/s1. The van der Waals surface area contributed by atoms with Gasteiger partial charge in [0.05, 0.1) is 48.2 Å². The fourth-order valence-electron chi connectivity index (χ4n) is 6.19. The van der Waals surface area contributed by atoms with Crippen LogP contribution in [-0.2, 0) is 19.9 Å². The number of ether oxygens (including phenoxy) is 2. The third-order valence-corrected chi connectivity index (χ3v) is 8.10. The summed E-state index contributed by atoms with van der Waals surface area (Å²) < 4.78 is 11.1. The molecule has 2 fully saturated rings. The molecule has 1 saturated carbocycles. The van der Waals surface area contributed by atoms with Crippen molar-refractivity contribution in [1.82, 2.24) is 14.9 Å². The van der Waals surface area contributed by atoms with Crippen molar-refractivity contribution in [3.05, 3.63) is 53.7 Å². The van der Waals surface area contributed by atoms with Crippen LogP contribution in [0.3, 0.4) is 0 Å². The Morgan fingerprint density at radius 1 is 1.23 bits per heavy atom. The smallest absolute Gasteiger partial charge is 0.226 e. The fraction of sp³-hybridized carbons (Fsp3) is 0.484. The van der Waals surface area contributed by atoms with Crippen molar-refractivity contribution in [3.63, 3.8) is 0 Å². The van der Waals surface area contributed by atoms with Crippen LogP contribution in [0.4, 0.5) is 11.4 Å². The number of rotatable bonds is 7. The van der Waals surface area contributed by atoms with Gasteiger partial charge in [-0.05, 0) is 42.0 Å². The van der Waals surface area contributed by atoms with Gasteiger partial charge in [-0.15, -0.1) is 0 Å². The van der Waals surface area contributed by atoms with E-state index in [9.17, 15) is 9.59 Å². The number of carbonyl (C=O) groups excluding carboxylic acids is 2. The monoisotopic (exact) mass is 545 g/mol. The summed E-state index contributed by atoms with van der Waals surface area (Å²) in [4.78, 5) is 36.3. The average molecular weight is 546 g/mol. The van der Waals surface area contributed by atoms with E-state index >= 15 is 0 Å². The molecular weight excluding hydrogens is 506 g/mol. The first-order valence-corrected chi connectivity index (χ1v) is 13.9. The lowest BCUT2D eigenvalue weighted by Gasteiger charge is -2.39. The van der Waals surface area contributed by atoms with E-state index in [1.54, 1.807) is 19.4 Å². The normalized spacial score (nSPS) is 21.9. The molecular formula is C31H39N5O4. The molecule has 3 atom stereocenters. The third-order valence-electron chi connectivity index (χ3n) is 8.10. The molecule has 2 aliphatic rings. The van der Waals surface area contributed by atoms with Gasteiger partial charge in [-0.25, -0.2) is 4.98 Å². The summed E-state index contributed by atoms with van der Waals surface area (Å²) in [5.41, 5.74) is 10.9. The van der Waals surface area contributed by atoms with Crippen LogP contribution in [0.1, 0.15) is 63.6 Å². The molecule has 2 aromatic heterocycles. The Labute approximate surface area is 235 Å². The van der Waals surface area contributed by atoms with Crippen LogP contribution in [-0.4, -0.2) is 53.9 Å². The lowest BCUT2D eigenvalue weighted by molar-refractivity contribution is -0.139. The molecule has 0 bridgehead atoms. The van der Waals surface area contributed by atoms with E-state index in [0.717, 1.165) is 28.0 Å². The van der Waals surface area contributed by atoms with Gasteiger partial charge < -0.3 is 25.4 Å². The Hall–Kier alpha value is -3.56. The second-order valence-corrected chi connectivity index (χ2v) is 12.2. The number of nitrogens with two attached hydrogens (primary N) is 1.